The Morgan fingerprint density at radius 3 is 2.90 bits per heavy atom. The highest BCUT2D eigenvalue weighted by Crippen LogP contribution is 2.31. The van der Waals surface area contributed by atoms with Gasteiger partial charge in [0.1, 0.15) is 11.6 Å². The zero-order valence-corrected chi connectivity index (χ0v) is 16.6. The normalized spacial score (nSPS) is 12.5. The van der Waals surface area contributed by atoms with Crippen molar-refractivity contribution in [2.24, 2.45) is 0 Å². The van der Waals surface area contributed by atoms with E-state index in [1.54, 1.807) is 24.0 Å². The number of methoxy groups -OCH3 is 2. The first kappa shape index (κ1) is 18.2. The van der Waals surface area contributed by atoms with Gasteiger partial charge >= 0.3 is 6.01 Å². The largest absolute Gasteiger partial charge is 0.493 e. The molecule has 1 aliphatic rings. The van der Waals surface area contributed by atoms with Crippen LogP contribution in [0.4, 0.5) is 5.82 Å². The Labute approximate surface area is 172 Å². The van der Waals surface area contributed by atoms with E-state index in [-0.39, 0.29) is 6.01 Å². The lowest BCUT2D eigenvalue weighted by atomic mass is 10.1. The summed E-state index contributed by atoms with van der Waals surface area (Å²) in [6.45, 7) is 1.42. The molecule has 0 atom stereocenters. The smallest absolute Gasteiger partial charge is 0.319 e. The number of fused-ring (bicyclic) bond motifs is 2. The molecule has 3 aromatic heterocycles. The third-order valence-corrected chi connectivity index (χ3v) is 4.99. The lowest BCUT2D eigenvalue weighted by molar-refractivity contribution is 0.353. The number of benzene rings is 1. The highest BCUT2D eigenvalue weighted by Gasteiger charge is 2.17. The molecule has 0 bridgehead atoms. The first-order valence-corrected chi connectivity index (χ1v) is 9.53. The van der Waals surface area contributed by atoms with Gasteiger partial charge in [0.2, 0.25) is 5.88 Å². The summed E-state index contributed by atoms with van der Waals surface area (Å²) in [7, 11) is 3.07. The molecule has 0 radical (unpaired) electrons. The van der Waals surface area contributed by atoms with E-state index in [0.29, 0.717) is 23.6 Å². The van der Waals surface area contributed by atoms with Crippen LogP contribution < -0.4 is 19.5 Å². The predicted molar refractivity (Wildman–Crippen MR) is 110 cm³/mol. The van der Waals surface area contributed by atoms with Crippen LogP contribution in [-0.2, 0) is 13.0 Å². The molecule has 4 heterocycles. The molecule has 9 heteroatoms. The molecular weight excluding hydrogens is 384 g/mol. The van der Waals surface area contributed by atoms with Gasteiger partial charge in [0.05, 0.1) is 38.2 Å². The van der Waals surface area contributed by atoms with Crippen LogP contribution in [0.1, 0.15) is 11.1 Å². The van der Waals surface area contributed by atoms with Crippen molar-refractivity contribution in [2.45, 2.75) is 13.0 Å². The number of hydrogen-bond donors (Lipinski definition) is 1. The van der Waals surface area contributed by atoms with Crippen molar-refractivity contribution in [3.63, 3.8) is 0 Å². The van der Waals surface area contributed by atoms with Crippen LogP contribution in [0.5, 0.6) is 17.6 Å². The molecule has 0 saturated carbocycles. The first-order valence-electron chi connectivity index (χ1n) is 9.53. The van der Waals surface area contributed by atoms with E-state index in [1.165, 1.54) is 18.2 Å². The van der Waals surface area contributed by atoms with Gasteiger partial charge in [-0.2, -0.15) is 10.1 Å². The average Bonchev–Trinajstić information content (AvgIpc) is 3.43. The Kier molecular flexibility index (Phi) is 4.55. The Bertz CT molecular complexity index is 1220. The number of hydrogen-bond acceptors (Lipinski definition) is 8. The number of nitrogens with one attached hydrogen (secondary N) is 1. The maximum Gasteiger partial charge on any atom is 0.319 e. The van der Waals surface area contributed by atoms with Gasteiger partial charge in [-0.1, -0.05) is 12.1 Å². The Balaban J connectivity index is 1.43. The highest BCUT2D eigenvalue weighted by atomic mass is 16.5. The van der Waals surface area contributed by atoms with E-state index in [0.717, 1.165) is 30.2 Å². The van der Waals surface area contributed by atoms with Gasteiger partial charge in [0.25, 0.3) is 0 Å². The lowest BCUT2D eigenvalue weighted by Crippen LogP contribution is -2.03. The highest BCUT2D eigenvalue weighted by molar-refractivity contribution is 5.80. The first-order chi connectivity index (χ1) is 14.7. The second-order valence-electron chi connectivity index (χ2n) is 6.81. The third kappa shape index (κ3) is 3.24. The molecule has 152 valence electrons. The minimum absolute atomic E-state index is 0.238. The summed E-state index contributed by atoms with van der Waals surface area (Å²) in [5.74, 6) is 2.13. The molecule has 5 rings (SSSR count). The maximum absolute atomic E-state index is 5.57. The minimum atomic E-state index is 0.238. The van der Waals surface area contributed by atoms with E-state index in [9.17, 15) is 0 Å². The fraction of sp³-hybridized carbons (Fsp3) is 0.238. The van der Waals surface area contributed by atoms with Gasteiger partial charge < -0.3 is 19.5 Å². The van der Waals surface area contributed by atoms with Crippen molar-refractivity contribution in [1.29, 1.82) is 0 Å². The fourth-order valence-corrected chi connectivity index (χ4v) is 3.49. The standard InChI is InChI=1S/C21H20N6O3/c1-28-20-16(11-23-21(26-20)29-2)15-12-24-27-7-5-18(25-19(15)27)22-10-13-3-4-17-14(9-13)6-8-30-17/h3-5,7,9,11-12H,6,8,10H2,1-2H3,(H,22,25). The van der Waals surface area contributed by atoms with Crippen LogP contribution in [0.2, 0.25) is 0 Å². The summed E-state index contributed by atoms with van der Waals surface area (Å²) in [5, 5.41) is 7.77. The molecule has 30 heavy (non-hydrogen) atoms. The zero-order valence-electron chi connectivity index (χ0n) is 16.6. The van der Waals surface area contributed by atoms with E-state index in [4.69, 9.17) is 19.2 Å². The SMILES string of the molecule is COc1ncc(-c2cnn3ccc(NCc4ccc5c(c4)CCO5)nc23)c(OC)n1. The molecule has 0 saturated heterocycles. The molecule has 0 fully saturated rings. The number of aromatic nitrogens is 5. The van der Waals surface area contributed by atoms with Crippen molar-refractivity contribution >= 4 is 11.5 Å². The summed E-state index contributed by atoms with van der Waals surface area (Å²) in [4.78, 5) is 13.2. The van der Waals surface area contributed by atoms with Gasteiger partial charge in [0.15, 0.2) is 5.65 Å². The topological polar surface area (TPSA) is 95.7 Å². The van der Waals surface area contributed by atoms with Crippen LogP contribution in [0.15, 0.2) is 42.9 Å². The van der Waals surface area contributed by atoms with Crippen molar-refractivity contribution in [2.75, 3.05) is 26.1 Å². The van der Waals surface area contributed by atoms with Crippen molar-refractivity contribution in [3.8, 4) is 28.8 Å². The minimum Gasteiger partial charge on any atom is -0.493 e. The summed E-state index contributed by atoms with van der Waals surface area (Å²) >= 11 is 0. The van der Waals surface area contributed by atoms with Gasteiger partial charge in [-0.15, -0.1) is 0 Å². The van der Waals surface area contributed by atoms with Crippen LogP contribution in [0.25, 0.3) is 16.8 Å². The molecule has 1 N–H and O–H groups in total. The molecule has 0 aliphatic carbocycles. The molecule has 1 aliphatic heterocycles. The average molecular weight is 404 g/mol. The summed E-state index contributed by atoms with van der Waals surface area (Å²) in [6, 6.07) is 8.40. The molecule has 0 spiro atoms. The van der Waals surface area contributed by atoms with Crippen LogP contribution in [-0.4, -0.2) is 45.4 Å². The fourth-order valence-electron chi connectivity index (χ4n) is 3.49. The summed E-state index contributed by atoms with van der Waals surface area (Å²) in [6.07, 6.45) is 6.19. The van der Waals surface area contributed by atoms with Crippen molar-refractivity contribution in [3.05, 3.63) is 54.0 Å². The Morgan fingerprint density at radius 2 is 2.03 bits per heavy atom. The van der Waals surface area contributed by atoms with E-state index in [2.05, 4.69) is 32.5 Å². The van der Waals surface area contributed by atoms with Gasteiger partial charge in [0, 0.05) is 25.4 Å². The molecule has 9 nitrogen and oxygen atoms in total. The third-order valence-electron chi connectivity index (χ3n) is 4.99. The number of anilines is 1. The Hall–Kier alpha value is -3.88. The number of rotatable bonds is 6. The van der Waals surface area contributed by atoms with E-state index < -0.39 is 0 Å². The summed E-state index contributed by atoms with van der Waals surface area (Å²) < 4.78 is 17.8. The maximum atomic E-state index is 5.57. The van der Waals surface area contributed by atoms with E-state index in [1.807, 2.05) is 18.3 Å². The van der Waals surface area contributed by atoms with Crippen LogP contribution >= 0.6 is 0 Å². The number of ether oxygens (including phenoxy) is 3. The second kappa shape index (κ2) is 7.51. The van der Waals surface area contributed by atoms with Crippen LogP contribution in [0, 0.1) is 0 Å². The van der Waals surface area contributed by atoms with Gasteiger partial charge in [-0.05, 0) is 23.3 Å². The van der Waals surface area contributed by atoms with E-state index >= 15 is 0 Å². The molecule has 4 aromatic rings. The van der Waals surface area contributed by atoms with Crippen LogP contribution in [0.3, 0.4) is 0 Å². The molecule has 0 unspecified atom stereocenters. The molecular formula is C21H20N6O3. The quantitative estimate of drug-likeness (QED) is 0.524. The summed E-state index contributed by atoms with van der Waals surface area (Å²) in [5.41, 5.74) is 4.57. The van der Waals surface area contributed by atoms with Crippen molar-refractivity contribution < 1.29 is 14.2 Å². The predicted octanol–water partition coefficient (Wildman–Crippen LogP) is 2.75. The van der Waals surface area contributed by atoms with Crippen molar-refractivity contribution in [1.82, 2.24) is 24.6 Å². The Morgan fingerprint density at radius 1 is 1.10 bits per heavy atom. The second-order valence-corrected chi connectivity index (χ2v) is 6.81. The monoisotopic (exact) mass is 404 g/mol. The molecule has 1 aromatic carbocycles. The zero-order chi connectivity index (χ0) is 20.5. The molecule has 0 amide bonds. The van der Waals surface area contributed by atoms with Gasteiger partial charge in [-0.25, -0.2) is 14.5 Å². The van der Waals surface area contributed by atoms with Gasteiger partial charge in [-0.3, -0.25) is 0 Å². The number of nitrogens with zero attached hydrogens (tertiary/aromatic N) is 5. The lowest BCUT2D eigenvalue weighted by Gasteiger charge is -2.09.